The molecule has 0 atom stereocenters. The van der Waals surface area contributed by atoms with E-state index in [1.54, 1.807) is 0 Å². The maximum Gasteiger partial charge on any atom is 0.176 e. The molecule has 1 aliphatic rings. The molecule has 1 saturated carbocycles. The Morgan fingerprint density at radius 2 is 2.05 bits per heavy atom. The van der Waals surface area contributed by atoms with Crippen LogP contribution in [-0.2, 0) is 4.74 Å². The van der Waals surface area contributed by atoms with Gasteiger partial charge in [0, 0.05) is 22.3 Å². The lowest BCUT2D eigenvalue weighted by atomic mass is 10.1. The lowest BCUT2D eigenvalue weighted by Crippen LogP contribution is -2.29. The summed E-state index contributed by atoms with van der Waals surface area (Å²) < 4.78 is 6.73. The molecule has 2 rings (SSSR count). The fourth-order valence-electron chi connectivity index (χ4n) is 1.81. The Balaban J connectivity index is 1.66. The van der Waals surface area contributed by atoms with Crippen molar-refractivity contribution in [2.24, 2.45) is 5.92 Å². The predicted octanol–water partition coefficient (Wildman–Crippen LogP) is 2.83. The van der Waals surface area contributed by atoms with Gasteiger partial charge >= 0.3 is 0 Å². The summed E-state index contributed by atoms with van der Waals surface area (Å²) in [4.78, 5) is 14.1. The molecule has 1 aromatic rings. The van der Waals surface area contributed by atoms with Crippen molar-refractivity contribution in [3.63, 3.8) is 0 Å². The lowest BCUT2D eigenvalue weighted by molar-refractivity contribution is 0.0861. The minimum atomic E-state index is 0.168. The van der Waals surface area contributed by atoms with Crippen LogP contribution < -0.4 is 0 Å². The van der Waals surface area contributed by atoms with Gasteiger partial charge in [0.1, 0.15) is 0 Å². The summed E-state index contributed by atoms with van der Waals surface area (Å²) in [5, 5.41) is 0. The van der Waals surface area contributed by atoms with Crippen LogP contribution in [0.3, 0.4) is 0 Å². The lowest BCUT2D eigenvalue weighted by Gasteiger charge is -2.15. The summed E-state index contributed by atoms with van der Waals surface area (Å²) >= 11 is 2.24. The number of nitrogens with zero attached hydrogens (tertiary/aromatic N) is 1. The number of benzene rings is 1. The highest BCUT2D eigenvalue weighted by atomic mass is 127. The molecular weight excluding hydrogens is 353 g/mol. The fraction of sp³-hybridized carbons (Fsp3) is 0.533. The summed E-state index contributed by atoms with van der Waals surface area (Å²) in [6, 6.07) is 7.71. The van der Waals surface area contributed by atoms with Gasteiger partial charge in [-0.05, 0) is 60.5 Å². The van der Waals surface area contributed by atoms with Crippen LogP contribution in [0, 0.1) is 9.49 Å². The molecule has 1 aliphatic carbocycles. The number of hydrogen-bond acceptors (Lipinski definition) is 3. The largest absolute Gasteiger partial charge is 0.380 e. The van der Waals surface area contributed by atoms with Gasteiger partial charge in [-0.25, -0.2) is 0 Å². The van der Waals surface area contributed by atoms with Crippen molar-refractivity contribution in [1.29, 1.82) is 0 Å². The van der Waals surface area contributed by atoms with Crippen LogP contribution in [0.1, 0.15) is 23.2 Å². The van der Waals surface area contributed by atoms with Gasteiger partial charge in [-0.3, -0.25) is 9.69 Å². The Labute approximate surface area is 128 Å². The van der Waals surface area contributed by atoms with E-state index in [9.17, 15) is 4.79 Å². The van der Waals surface area contributed by atoms with Crippen molar-refractivity contribution in [1.82, 2.24) is 4.90 Å². The number of rotatable bonds is 8. The molecule has 0 bridgehead atoms. The molecule has 0 spiro atoms. The number of ether oxygens (including phenoxy) is 1. The van der Waals surface area contributed by atoms with Crippen molar-refractivity contribution in [3.05, 3.63) is 33.4 Å². The zero-order valence-electron chi connectivity index (χ0n) is 11.3. The van der Waals surface area contributed by atoms with E-state index in [1.165, 1.54) is 12.8 Å². The van der Waals surface area contributed by atoms with Gasteiger partial charge in [0.15, 0.2) is 5.78 Å². The second-order valence-corrected chi connectivity index (χ2v) is 6.43. The molecule has 1 aromatic carbocycles. The van der Waals surface area contributed by atoms with Gasteiger partial charge in [-0.15, -0.1) is 0 Å². The summed E-state index contributed by atoms with van der Waals surface area (Å²) in [7, 11) is 1.96. The average Bonchev–Trinajstić information content (AvgIpc) is 3.19. The Morgan fingerprint density at radius 1 is 1.37 bits per heavy atom. The maximum absolute atomic E-state index is 12.0. The number of ketones is 1. The van der Waals surface area contributed by atoms with E-state index in [-0.39, 0.29) is 5.78 Å². The molecule has 19 heavy (non-hydrogen) atoms. The summed E-state index contributed by atoms with van der Waals surface area (Å²) in [5.41, 5.74) is 0.783. The van der Waals surface area contributed by atoms with Gasteiger partial charge in [-0.1, -0.05) is 12.1 Å². The number of hydrogen-bond donors (Lipinski definition) is 0. The number of likely N-dealkylation sites (N-methyl/N-ethyl adjacent to an activating group) is 1. The molecule has 0 heterocycles. The van der Waals surface area contributed by atoms with Gasteiger partial charge in [0.05, 0.1) is 13.2 Å². The Morgan fingerprint density at radius 3 is 2.68 bits per heavy atom. The van der Waals surface area contributed by atoms with Crippen LogP contribution in [0.4, 0.5) is 0 Å². The molecule has 0 aromatic heterocycles. The van der Waals surface area contributed by atoms with Crippen LogP contribution >= 0.6 is 22.6 Å². The molecule has 104 valence electrons. The standard InChI is InChI=1S/C15H20INO2/c1-17(8-9-19-11-12-2-3-12)10-15(18)13-4-6-14(16)7-5-13/h4-7,12H,2-3,8-11H2,1H3. The van der Waals surface area contributed by atoms with Crippen LogP contribution in [-0.4, -0.2) is 44.0 Å². The molecule has 1 fully saturated rings. The molecule has 0 saturated heterocycles. The first-order valence-electron chi connectivity index (χ1n) is 6.70. The Hall–Kier alpha value is -0.460. The third-order valence-corrected chi connectivity index (χ3v) is 3.97. The van der Waals surface area contributed by atoms with Crippen LogP contribution in [0.5, 0.6) is 0 Å². The third kappa shape index (κ3) is 5.58. The molecule has 0 radical (unpaired) electrons. The Bertz CT molecular complexity index is 415. The molecule has 0 N–H and O–H groups in total. The number of carbonyl (C=O) groups excluding carboxylic acids is 1. The topological polar surface area (TPSA) is 29.5 Å². The smallest absolute Gasteiger partial charge is 0.176 e. The summed E-state index contributed by atoms with van der Waals surface area (Å²) in [5.74, 6) is 0.972. The average molecular weight is 373 g/mol. The SMILES string of the molecule is CN(CCOCC1CC1)CC(=O)c1ccc(I)cc1. The molecule has 0 unspecified atom stereocenters. The minimum Gasteiger partial charge on any atom is -0.380 e. The second kappa shape index (κ2) is 7.36. The molecular formula is C15H20INO2. The number of Topliss-reactive ketones (excluding diaryl/α,β-unsaturated/α-hetero) is 1. The first-order valence-corrected chi connectivity index (χ1v) is 7.78. The van der Waals surface area contributed by atoms with Gasteiger partial charge in [0.2, 0.25) is 0 Å². The van der Waals surface area contributed by atoms with Crippen molar-refractivity contribution >= 4 is 28.4 Å². The van der Waals surface area contributed by atoms with Crippen molar-refractivity contribution in [2.75, 3.05) is 33.4 Å². The Kier molecular flexibility index (Phi) is 5.78. The third-order valence-electron chi connectivity index (χ3n) is 3.25. The normalized spacial score (nSPS) is 14.9. The summed E-state index contributed by atoms with van der Waals surface area (Å²) in [6.07, 6.45) is 2.64. The zero-order valence-corrected chi connectivity index (χ0v) is 13.4. The molecule has 0 amide bonds. The fourth-order valence-corrected chi connectivity index (χ4v) is 2.17. The highest BCUT2D eigenvalue weighted by Crippen LogP contribution is 2.28. The van der Waals surface area contributed by atoms with Crippen LogP contribution in [0.25, 0.3) is 0 Å². The van der Waals surface area contributed by atoms with E-state index in [0.717, 1.165) is 28.2 Å². The zero-order chi connectivity index (χ0) is 13.7. The van der Waals surface area contributed by atoms with Gasteiger partial charge in [-0.2, -0.15) is 0 Å². The van der Waals surface area contributed by atoms with Crippen LogP contribution in [0.2, 0.25) is 0 Å². The van der Waals surface area contributed by atoms with Crippen molar-refractivity contribution < 1.29 is 9.53 Å². The quantitative estimate of drug-likeness (QED) is 0.399. The van der Waals surface area contributed by atoms with E-state index >= 15 is 0 Å². The van der Waals surface area contributed by atoms with E-state index < -0.39 is 0 Å². The second-order valence-electron chi connectivity index (χ2n) is 5.19. The minimum absolute atomic E-state index is 0.168. The monoisotopic (exact) mass is 373 g/mol. The molecule has 0 aliphatic heterocycles. The predicted molar refractivity (Wildman–Crippen MR) is 84.5 cm³/mol. The van der Waals surface area contributed by atoms with Crippen molar-refractivity contribution in [2.45, 2.75) is 12.8 Å². The maximum atomic E-state index is 12.0. The van der Waals surface area contributed by atoms with Gasteiger partial charge < -0.3 is 4.74 Å². The highest BCUT2D eigenvalue weighted by Gasteiger charge is 2.21. The number of halogens is 1. The number of carbonyl (C=O) groups is 1. The van der Waals surface area contributed by atoms with Crippen LogP contribution in [0.15, 0.2) is 24.3 Å². The van der Waals surface area contributed by atoms with E-state index in [4.69, 9.17) is 4.74 Å². The molecule has 4 heteroatoms. The highest BCUT2D eigenvalue weighted by molar-refractivity contribution is 14.1. The first-order chi connectivity index (χ1) is 9.15. The van der Waals surface area contributed by atoms with Crippen molar-refractivity contribution in [3.8, 4) is 0 Å². The summed E-state index contributed by atoms with van der Waals surface area (Å²) in [6.45, 7) is 2.86. The molecule has 3 nitrogen and oxygen atoms in total. The van der Waals surface area contributed by atoms with E-state index in [1.807, 2.05) is 36.2 Å². The van der Waals surface area contributed by atoms with Gasteiger partial charge in [0.25, 0.3) is 0 Å². The van der Waals surface area contributed by atoms with E-state index in [2.05, 4.69) is 22.6 Å². The van der Waals surface area contributed by atoms with E-state index in [0.29, 0.717) is 13.2 Å². The first kappa shape index (κ1) is 14.9.